The van der Waals surface area contributed by atoms with Gasteiger partial charge in [0, 0.05) is 31.7 Å². The number of carbonyl (C=O) groups excluding carboxylic acids is 2. The molecule has 1 saturated heterocycles. The van der Waals surface area contributed by atoms with Gasteiger partial charge >= 0.3 is 6.09 Å². The van der Waals surface area contributed by atoms with Crippen molar-refractivity contribution in [2.75, 3.05) is 19.7 Å². The maximum absolute atomic E-state index is 12.8. The Morgan fingerprint density at radius 2 is 2.20 bits per heavy atom. The number of aromatic nitrogens is 2. The van der Waals surface area contributed by atoms with Crippen LogP contribution in [0.4, 0.5) is 4.79 Å². The lowest BCUT2D eigenvalue weighted by Crippen LogP contribution is -2.49. The van der Waals surface area contributed by atoms with Crippen LogP contribution in [0.5, 0.6) is 0 Å². The molecule has 1 aliphatic heterocycles. The van der Waals surface area contributed by atoms with Crippen molar-refractivity contribution < 1.29 is 14.3 Å². The first-order valence-electron chi connectivity index (χ1n) is 8.65. The zero-order chi connectivity index (χ0) is 18.0. The smallest absolute Gasteiger partial charge is 0.407 e. The highest BCUT2D eigenvalue weighted by atomic mass is 16.5. The van der Waals surface area contributed by atoms with Crippen LogP contribution in [0, 0.1) is 6.92 Å². The molecule has 134 valence electrons. The SMILES string of the molecule is CCOC(=O)NC1CCCN(C(=O)c2ccc3c(c2)nc(C)n3C)C1. The number of amides is 2. The summed E-state index contributed by atoms with van der Waals surface area (Å²) in [5.74, 6) is 0.886. The Morgan fingerprint density at radius 3 is 2.96 bits per heavy atom. The quantitative estimate of drug-likeness (QED) is 0.926. The molecule has 25 heavy (non-hydrogen) atoms. The number of nitrogens with one attached hydrogen (secondary N) is 1. The van der Waals surface area contributed by atoms with E-state index in [9.17, 15) is 9.59 Å². The molecule has 1 fully saturated rings. The molecule has 1 atom stereocenters. The van der Waals surface area contributed by atoms with Crippen molar-refractivity contribution in [3.05, 3.63) is 29.6 Å². The topological polar surface area (TPSA) is 76.5 Å². The fraction of sp³-hybridized carbons (Fsp3) is 0.500. The van der Waals surface area contributed by atoms with Crippen molar-refractivity contribution in [2.45, 2.75) is 32.7 Å². The summed E-state index contributed by atoms with van der Waals surface area (Å²) in [6, 6.07) is 5.54. The summed E-state index contributed by atoms with van der Waals surface area (Å²) in [4.78, 5) is 30.7. The van der Waals surface area contributed by atoms with Gasteiger partial charge in [0.2, 0.25) is 0 Å². The molecule has 7 heteroatoms. The first kappa shape index (κ1) is 17.3. The summed E-state index contributed by atoms with van der Waals surface area (Å²) in [5, 5.41) is 2.83. The van der Waals surface area contributed by atoms with E-state index in [1.165, 1.54) is 0 Å². The van der Waals surface area contributed by atoms with E-state index in [0.29, 0.717) is 25.3 Å². The minimum absolute atomic E-state index is 0.0273. The van der Waals surface area contributed by atoms with Crippen LogP contribution in [0.2, 0.25) is 0 Å². The van der Waals surface area contributed by atoms with Crippen LogP contribution in [-0.2, 0) is 11.8 Å². The lowest BCUT2D eigenvalue weighted by Gasteiger charge is -2.33. The predicted molar refractivity (Wildman–Crippen MR) is 94.5 cm³/mol. The number of imidazole rings is 1. The number of likely N-dealkylation sites (tertiary alicyclic amines) is 1. The van der Waals surface area contributed by atoms with Crippen LogP contribution in [0.3, 0.4) is 0 Å². The molecule has 0 spiro atoms. The highest BCUT2D eigenvalue weighted by molar-refractivity contribution is 5.97. The molecule has 0 saturated carbocycles. The van der Waals surface area contributed by atoms with Gasteiger partial charge in [-0.3, -0.25) is 4.79 Å². The lowest BCUT2D eigenvalue weighted by molar-refractivity contribution is 0.0686. The summed E-state index contributed by atoms with van der Waals surface area (Å²) in [6.07, 6.45) is 1.28. The molecule has 1 aromatic heterocycles. The number of ether oxygens (including phenoxy) is 1. The molecule has 1 unspecified atom stereocenters. The van der Waals surface area contributed by atoms with Crippen molar-refractivity contribution in [1.82, 2.24) is 19.8 Å². The van der Waals surface area contributed by atoms with Crippen molar-refractivity contribution in [3.63, 3.8) is 0 Å². The first-order valence-corrected chi connectivity index (χ1v) is 8.65. The number of nitrogens with zero attached hydrogens (tertiary/aromatic N) is 3. The van der Waals surface area contributed by atoms with Crippen LogP contribution in [0.25, 0.3) is 11.0 Å². The predicted octanol–water partition coefficient (Wildman–Crippen LogP) is 2.23. The number of aryl methyl sites for hydroxylation is 2. The van der Waals surface area contributed by atoms with Crippen LogP contribution < -0.4 is 5.32 Å². The first-order chi connectivity index (χ1) is 12.0. The van der Waals surface area contributed by atoms with Crippen LogP contribution in [0.15, 0.2) is 18.2 Å². The van der Waals surface area contributed by atoms with Gasteiger partial charge in [0.1, 0.15) is 5.82 Å². The zero-order valence-electron chi connectivity index (χ0n) is 14.9. The number of hydrogen-bond donors (Lipinski definition) is 1. The van der Waals surface area contributed by atoms with E-state index < -0.39 is 6.09 Å². The van der Waals surface area contributed by atoms with E-state index in [2.05, 4.69) is 10.3 Å². The van der Waals surface area contributed by atoms with Crippen LogP contribution in [0.1, 0.15) is 35.9 Å². The highest BCUT2D eigenvalue weighted by Crippen LogP contribution is 2.19. The van der Waals surface area contributed by atoms with Crippen molar-refractivity contribution >= 4 is 23.0 Å². The van der Waals surface area contributed by atoms with Gasteiger partial charge < -0.3 is 19.5 Å². The van der Waals surface area contributed by atoms with Crippen molar-refractivity contribution in [1.29, 1.82) is 0 Å². The third kappa shape index (κ3) is 3.60. The molecule has 1 aromatic carbocycles. The van der Waals surface area contributed by atoms with Crippen LogP contribution >= 0.6 is 0 Å². The van der Waals surface area contributed by atoms with Gasteiger partial charge in [0.05, 0.1) is 17.6 Å². The Morgan fingerprint density at radius 1 is 1.40 bits per heavy atom. The molecule has 2 aromatic rings. The second-order valence-electron chi connectivity index (χ2n) is 6.38. The fourth-order valence-electron chi connectivity index (χ4n) is 3.25. The molecular formula is C18H24N4O3. The molecule has 2 heterocycles. The third-order valence-corrected chi connectivity index (χ3v) is 4.66. The van der Waals surface area contributed by atoms with E-state index in [1.54, 1.807) is 11.8 Å². The number of hydrogen-bond acceptors (Lipinski definition) is 4. The molecule has 3 rings (SSSR count). The Hall–Kier alpha value is -2.57. The van der Waals surface area contributed by atoms with E-state index in [0.717, 1.165) is 29.7 Å². The summed E-state index contributed by atoms with van der Waals surface area (Å²) in [6.45, 7) is 5.24. The largest absolute Gasteiger partial charge is 0.450 e. The second kappa shape index (κ2) is 7.13. The normalized spacial score (nSPS) is 17.6. The van der Waals surface area contributed by atoms with Crippen molar-refractivity contribution in [2.24, 2.45) is 7.05 Å². The monoisotopic (exact) mass is 344 g/mol. The number of carbonyl (C=O) groups is 2. The van der Waals surface area contributed by atoms with E-state index in [1.807, 2.05) is 36.7 Å². The summed E-state index contributed by atoms with van der Waals surface area (Å²) in [7, 11) is 1.96. The molecule has 1 aliphatic rings. The summed E-state index contributed by atoms with van der Waals surface area (Å²) in [5.41, 5.74) is 2.46. The van der Waals surface area contributed by atoms with Gasteiger partial charge in [-0.15, -0.1) is 0 Å². The van der Waals surface area contributed by atoms with Gasteiger partial charge in [0.15, 0.2) is 0 Å². The van der Waals surface area contributed by atoms with Gasteiger partial charge in [-0.1, -0.05) is 0 Å². The maximum atomic E-state index is 12.8. The molecular weight excluding hydrogens is 320 g/mol. The minimum atomic E-state index is -0.424. The van der Waals surface area contributed by atoms with E-state index >= 15 is 0 Å². The fourth-order valence-corrected chi connectivity index (χ4v) is 3.25. The standard InChI is InChI=1S/C18H24N4O3/c1-4-25-18(24)20-14-6-5-9-22(11-14)17(23)13-7-8-16-15(10-13)19-12(2)21(16)3/h7-8,10,14H,4-6,9,11H2,1-3H3,(H,20,24). The number of rotatable bonds is 3. The van der Waals surface area contributed by atoms with E-state index in [-0.39, 0.29) is 11.9 Å². The molecule has 0 aliphatic carbocycles. The molecule has 7 nitrogen and oxygen atoms in total. The number of piperidine rings is 1. The number of fused-ring (bicyclic) bond motifs is 1. The van der Waals surface area contributed by atoms with Gasteiger partial charge in [-0.25, -0.2) is 9.78 Å². The molecule has 1 N–H and O–H groups in total. The number of alkyl carbamates (subject to hydrolysis) is 1. The third-order valence-electron chi connectivity index (χ3n) is 4.66. The average Bonchev–Trinajstić information content (AvgIpc) is 2.88. The Kier molecular flexibility index (Phi) is 4.92. The van der Waals surface area contributed by atoms with Gasteiger partial charge in [-0.05, 0) is 44.9 Å². The Labute approximate surface area is 147 Å². The highest BCUT2D eigenvalue weighted by Gasteiger charge is 2.26. The summed E-state index contributed by atoms with van der Waals surface area (Å²) >= 11 is 0. The molecule has 0 radical (unpaired) electrons. The Bertz CT molecular complexity index is 799. The van der Waals surface area contributed by atoms with Crippen molar-refractivity contribution in [3.8, 4) is 0 Å². The van der Waals surface area contributed by atoms with E-state index in [4.69, 9.17) is 4.74 Å². The Balaban J connectivity index is 1.72. The zero-order valence-corrected chi connectivity index (χ0v) is 14.9. The minimum Gasteiger partial charge on any atom is -0.450 e. The van der Waals surface area contributed by atoms with Gasteiger partial charge in [0.25, 0.3) is 5.91 Å². The average molecular weight is 344 g/mol. The van der Waals surface area contributed by atoms with Gasteiger partial charge in [-0.2, -0.15) is 0 Å². The van der Waals surface area contributed by atoms with Crippen LogP contribution in [-0.4, -0.2) is 52.2 Å². The molecule has 2 amide bonds. The number of benzene rings is 1. The second-order valence-corrected chi connectivity index (χ2v) is 6.38. The molecule has 0 bridgehead atoms. The lowest BCUT2D eigenvalue weighted by atomic mass is 10.0. The summed E-state index contributed by atoms with van der Waals surface area (Å²) < 4.78 is 6.93. The maximum Gasteiger partial charge on any atom is 0.407 e.